The minimum Gasteiger partial charge on any atom is -0.480 e. The number of nitrogens with zero attached hydrogens (tertiary/aromatic N) is 1. The quantitative estimate of drug-likeness (QED) is 0.861. The van der Waals surface area contributed by atoms with E-state index >= 15 is 0 Å². The highest BCUT2D eigenvalue weighted by molar-refractivity contribution is 6.30. The van der Waals surface area contributed by atoms with Crippen LogP contribution in [0.1, 0.15) is 12.5 Å². The average Bonchev–Trinajstić information content (AvgIpc) is 2.62. The second-order valence-corrected chi connectivity index (χ2v) is 7.00. The van der Waals surface area contributed by atoms with Gasteiger partial charge in [-0.2, -0.15) is 0 Å². The van der Waals surface area contributed by atoms with E-state index in [1.54, 1.807) is 6.92 Å². The van der Waals surface area contributed by atoms with Crippen LogP contribution in [0.4, 0.5) is 0 Å². The van der Waals surface area contributed by atoms with E-state index in [2.05, 4.69) is 29.6 Å². The van der Waals surface area contributed by atoms with E-state index in [4.69, 9.17) is 11.6 Å². The number of piperazine rings is 1. The lowest BCUT2D eigenvalue weighted by molar-refractivity contribution is -0.143. The fourth-order valence-corrected chi connectivity index (χ4v) is 3.38. The monoisotopic (exact) mass is 358 g/mol. The van der Waals surface area contributed by atoms with Gasteiger partial charge in [-0.25, -0.2) is 0 Å². The highest BCUT2D eigenvalue weighted by atomic mass is 35.5. The number of benzene rings is 2. The van der Waals surface area contributed by atoms with Gasteiger partial charge in [-0.3, -0.25) is 9.69 Å². The number of hydrogen-bond acceptors (Lipinski definition) is 3. The fraction of sp³-hybridized carbons (Fsp3) is 0.350. The summed E-state index contributed by atoms with van der Waals surface area (Å²) in [5, 5.41) is 13.4. The number of carboxylic acids is 1. The minimum atomic E-state index is -0.757. The molecule has 0 aromatic heterocycles. The third kappa shape index (κ3) is 4.60. The van der Waals surface area contributed by atoms with Crippen LogP contribution in [-0.2, 0) is 11.2 Å². The Morgan fingerprint density at radius 2 is 1.80 bits per heavy atom. The molecule has 5 heteroatoms. The molecule has 2 atom stereocenters. The van der Waals surface area contributed by atoms with Gasteiger partial charge in [0.1, 0.15) is 6.04 Å². The van der Waals surface area contributed by atoms with E-state index in [-0.39, 0.29) is 6.04 Å². The van der Waals surface area contributed by atoms with E-state index in [0.29, 0.717) is 0 Å². The lowest BCUT2D eigenvalue weighted by Gasteiger charge is -2.36. The van der Waals surface area contributed by atoms with E-state index < -0.39 is 12.0 Å². The Morgan fingerprint density at radius 1 is 1.20 bits per heavy atom. The van der Waals surface area contributed by atoms with Crippen molar-refractivity contribution in [2.75, 3.05) is 19.6 Å². The second-order valence-electron chi connectivity index (χ2n) is 6.57. The summed E-state index contributed by atoms with van der Waals surface area (Å²) >= 11 is 5.94. The molecule has 1 aliphatic rings. The van der Waals surface area contributed by atoms with Gasteiger partial charge in [-0.1, -0.05) is 48.0 Å². The first-order chi connectivity index (χ1) is 12.0. The van der Waals surface area contributed by atoms with Crippen molar-refractivity contribution >= 4 is 17.6 Å². The summed E-state index contributed by atoms with van der Waals surface area (Å²) in [4.78, 5) is 13.2. The van der Waals surface area contributed by atoms with Crippen LogP contribution in [0.15, 0.2) is 48.5 Å². The first kappa shape index (κ1) is 17.9. The second kappa shape index (κ2) is 8.00. The zero-order valence-electron chi connectivity index (χ0n) is 14.3. The van der Waals surface area contributed by atoms with Gasteiger partial charge in [0.15, 0.2) is 0 Å². The molecule has 2 aromatic rings. The molecule has 4 nitrogen and oxygen atoms in total. The predicted molar refractivity (Wildman–Crippen MR) is 101 cm³/mol. The van der Waals surface area contributed by atoms with Crippen molar-refractivity contribution in [2.45, 2.75) is 25.4 Å². The third-order valence-electron chi connectivity index (χ3n) is 4.81. The van der Waals surface area contributed by atoms with Gasteiger partial charge in [0.2, 0.25) is 0 Å². The van der Waals surface area contributed by atoms with E-state index in [1.165, 1.54) is 5.56 Å². The van der Waals surface area contributed by atoms with E-state index in [9.17, 15) is 9.90 Å². The summed E-state index contributed by atoms with van der Waals surface area (Å²) in [7, 11) is 0. The van der Waals surface area contributed by atoms with Crippen LogP contribution in [0.2, 0.25) is 5.02 Å². The number of nitrogens with one attached hydrogen (secondary N) is 1. The Labute approximate surface area is 153 Å². The summed E-state index contributed by atoms with van der Waals surface area (Å²) in [5.41, 5.74) is 3.56. The maximum absolute atomic E-state index is 11.2. The molecule has 25 heavy (non-hydrogen) atoms. The zero-order chi connectivity index (χ0) is 17.8. The summed E-state index contributed by atoms with van der Waals surface area (Å²) in [5.74, 6) is -0.757. The standard InChI is InChI=1S/C20H23ClN2O2/c1-14(20(24)25)23-11-10-22-19(13-23)12-15-2-4-16(5-3-15)17-6-8-18(21)9-7-17/h2-9,14,19,22H,10-13H2,1H3,(H,24,25)/t14-,19?/m1/s1. The lowest BCUT2D eigenvalue weighted by Crippen LogP contribution is -2.55. The molecule has 1 fully saturated rings. The van der Waals surface area contributed by atoms with Gasteiger partial charge in [0, 0.05) is 30.7 Å². The van der Waals surface area contributed by atoms with E-state index in [0.717, 1.165) is 42.2 Å². The Bertz CT molecular complexity index is 715. The van der Waals surface area contributed by atoms with Crippen LogP contribution >= 0.6 is 11.6 Å². The van der Waals surface area contributed by atoms with Gasteiger partial charge in [0.05, 0.1) is 0 Å². The van der Waals surface area contributed by atoms with E-state index in [1.807, 2.05) is 29.2 Å². The summed E-state index contributed by atoms with van der Waals surface area (Å²) in [6.45, 7) is 4.11. The molecule has 1 saturated heterocycles. The number of carboxylic acid groups (broad SMARTS) is 1. The third-order valence-corrected chi connectivity index (χ3v) is 5.06. The molecule has 0 spiro atoms. The first-order valence-corrected chi connectivity index (χ1v) is 8.96. The number of carbonyl (C=O) groups is 1. The average molecular weight is 359 g/mol. The minimum absolute atomic E-state index is 0.275. The number of hydrogen-bond donors (Lipinski definition) is 2. The smallest absolute Gasteiger partial charge is 0.320 e. The van der Waals surface area contributed by atoms with Gasteiger partial charge in [-0.15, -0.1) is 0 Å². The fourth-order valence-electron chi connectivity index (χ4n) is 3.26. The summed E-state index contributed by atoms with van der Waals surface area (Å²) in [6.07, 6.45) is 0.893. The molecular weight excluding hydrogens is 336 g/mol. The SMILES string of the molecule is C[C@H](C(=O)O)N1CCNC(Cc2ccc(-c3ccc(Cl)cc3)cc2)C1. The molecule has 0 bridgehead atoms. The maximum Gasteiger partial charge on any atom is 0.320 e. The maximum atomic E-state index is 11.2. The molecular formula is C20H23ClN2O2. The highest BCUT2D eigenvalue weighted by Gasteiger charge is 2.26. The van der Waals surface area contributed by atoms with Gasteiger partial charge in [0.25, 0.3) is 0 Å². The van der Waals surface area contributed by atoms with Crippen LogP contribution in [0.25, 0.3) is 11.1 Å². The molecule has 0 aliphatic carbocycles. The van der Waals surface area contributed by atoms with Crippen LogP contribution in [0, 0.1) is 0 Å². The van der Waals surface area contributed by atoms with Gasteiger partial charge >= 0.3 is 5.97 Å². The van der Waals surface area contributed by atoms with Crippen molar-refractivity contribution in [3.63, 3.8) is 0 Å². The largest absolute Gasteiger partial charge is 0.480 e. The van der Waals surface area contributed by atoms with Crippen molar-refractivity contribution in [1.82, 2.24) is 10.2 Å². The Kier molecular flexibility index (Phi) is 5.74. The molecule has 132 valence electrons. The van der Waals surface area contributed by atoms with Crippen molar-refractivity contribution < 1.29 is 9.90 Å². The van der Waals surface area contributed by atoms with Gasteiger partial charge in [-0.05, 0) is 42.2 Å². The molecule has 0 radical (unpaired) electrons. The molecule has 0 saturated carbocycles. The summed E-state index contributed by atoms with van der Waals surface area (Å²) < 4.78 is 0. The molecule has 3 rings (SSSR count). The lowest BCUT2D eigenvalue weighted by atomic mass is 9.99. The molecule has 2 N–H and O–H groups in total. The molecule has 1 aliphatic heterocycles. The molecule has 1 unspecified atom stereocenters. The first-order valence-electron chi connectivity index (χ1n) is 8.58. The van der Waals surface area contributed by atoms with Gasteiger partial charge < -0.3 is 10.4 Å². The van der Waals surface area contributed by atoms with Crippen molar-refractivity contribution in [3.05, 3.63) is 59.1 Å². The zero-order valence-corrected chi connectivity index (χ0v) is 15.0. The highest BCUT2D eigenvalue weighted by Crippen LogP contribution is 2.22. The van der Waals surface area contributed by atoms with Crippen molar-refractivity contribution in [1.29, 1.82) is 0 Å². The molecule has 2 aromatic carbocycles. The normalized spacial score (nSPS) is 19.5. The van der Waals surface area contributed by atoms with Crippen LogP contribution in [0.3, 0.4) is 0 Å². The topological polar surface area (TPSA) is 52.6 Å². The Hall–Kier alpha value is -1.88. The number of rotatable bonds is 5. The predicted octanol–water partition coefficient (Wildman–Crippen LogP) is 3.30. The van der Waals surface area contributed by atoms with Crippen LogP contribution < -0.4 is 5.32 Å². The molecule has 0 amide bonds. The van der Waals surface area contributed by atoms with Crippen molar-refractivity contribution in [2.24, 2.45) is 0 Å². The Morgan fingerprint density at radius 3 is 2.40 bits per heavy atom. The van der Waals surface area contributed by atoms with Crippen molar-refractivity contribution in [3.8, 4) is 11.1 Å². The number of halogens is 1. The number of aliphatic carboxylic acids is 1. The van der Waals surface area contributed by atoms with Crippen LogP contribution in [0.5, 0.6) is 0 Å². The van der Waals surface area contributed by atoms with Crippen LogP contribution in [-0.4, -0.2) is 47.7 Å². The summed E-state index contributed by atoms with van der Waals surface area (Å²) in [6, 6.07) is 16.2. The Balaban J connectivity index is 1.63. The molecule has 1 heterocycles.